The number of hydrogen-bond donors (Lipinski definition) is 1. The number of halogens is 2. The maximum absolute atomic E-state index is 13.4. The molecule has 0 unspecified atom stereocenters. The number of nitrogens with zero attached hydrogens (tertiary/aromatic N) is 3. The third kappa shape index (κ3) is 4.71. The predicted octanol–water partition coefficient (Wildman–Crippen LogP) is 3.31. The van der Waals surface area contributed by atoms with Crippen LogP contribution in [0.2, 0.25) is 0 Å². The van der Waals surface area contributed by atoms with Crippen LogP contribution in [-0.2, 0) is 15.6 Å². The maximum atomic E-state index is 13.4. The van der Waals surface area contributed by atoms with Crippen LogP contribution in [0.4, 0.5) is 8.78 Å². The van der Waals surface area contributed by atoms with Crippen LogP contribution in [0.25, 0.3) is 11.1 Å². The molecule has 0 saturated carbocycles. The molecule has 0 amide bonds. The van der Waals surface area contributed by atoms with Gasteiger partial charge in [0.25, 0.3) is 5.92 Å². The Bertz CT molecular complexity index is 1020. The van der Waals surface area contributed by atoms with Gasteiger partial charge in [-0.15, -0.1) is 0 Å². The van der Waals surface area contributed by atoms with Crippen molar-refractivity contribution < 1.29 is 17.2 Å². The molecule has 1 aromatic carbocycles. The molecule has 0 bridgehead atoms. The van der Waals surface area contributed by atoms with E-state index in [1.54, 1.807) is 12.1 Å². The van der Waals surface area contributed by atoms with Gasteiger partial charge in [0.15, 0.2) is 0 Å². The number of sulfonamides is 1. The normalized spacial score (nSPS) is 20.9. The lowest BCUT2D eigenvalue weighted by Gasteiger charge is -2.40. The lowest BCUT2D eigenvalue weighted by Crippen LogP contribution is -2.52. The Hall–Kier alpha value is -1.94. The second kappa shape index (κ2) is 8.78. The van der Waals surface area contributed by atoms with Gasteiger partial charge in [0.05, 0.1) is 16.1 Å². The summed E-state index contributed by atoms with van der Waals surface area (Å²) in [6.07, 6.45) is 0.939. The van der Waals surface area contributed by atoms with Crippen LogP contribution in [0.5, 0.6) is 0 Å². The molecule has 4 rings (SSSR count). The van der Waals surface area contributed by atoms with Crippen molar-refractivity contribution in [3.05, 3.63) is 48.3 Å². The van der Waals surface area contributed by atoms with Crippen LogP contribution < -0.4 is 5.32 Å². The van der Waals surface area contributed by atoms with E-state index >= 15 is 0 Å². The number of piperazine rings is 1. The Kier molecular flexibility index (Phi) is 6.37. The molecule has 1 N–H and O–H groups in total. The first-order valence-corrected chi connectivity index (χ1v) is 12.4. The van der Waals surface area contributed by atoms with Crippen molar-refractivity contribution in [1.29, 1.82) is 0 Å². The first-order chi connectivity index (χ1) is 15.1. The second-order valence-corrected chi connectivity index (χ2v) is 11.0. The van der Waals surface area contributed by atoms with E-state index in [0.717, 1.165) is 47.3 Å². The van der Waals surface area contributed by atoms with Crippen molar-refractivity contribution in [3.63, 3.8) is 0 Å². The molecular weight excluding hydrogens is 434 g/mol. The molecule has 0 spiro atoms. The molecule has 9 heteroatoms. The fraction of sp³-hybridized carbons (Fsp3) is 0.522. The van der Waals surface area contributed by atoms with E-state index in [9.17, 15) is 17.2 Å². The van der Waals surface area contributed by atoms with Crippen molar-refractivity contribution in [2.24, 2.45) is 0 Å². The first-order valence-electron chi connectivity index (χ1n) is 11.0. The van der Waals surface area contributed by atoms with Gasteiger partial charge in [-0.1, -0.05) is 18.2 Å². The number of alkyl halides is 2. The smallest absolute Gasteiger partial charge is 0.250 e. The summed E-state index contributed by atoms with van der Waals surface area (Å²) >= 11 is 0. The molecule has 1 aromatic heterocycles. The SMILES string of the molecule is CC(C)(c1ccc(-c2ccc(S(=O)(=O)N3CCC(F)(F)CC3)cc2)cn1)N1CCNCC1. The van der Waals surface area contributed by atoms with Gasteiger partial charge in [-0.2, -0.15) is 4.31 Å². The number of aromatic nitrogens is 1. The Morgan fingerprint density at radius 2 is 1.53 bits per heavy atom. The summed E-state index contributed by atoms with van der Waals surface area (Å²) in [5.74, 6) is -2.78. The molecule has 6 nitrogen and oxygen atoms in total. The Labute approximate surface area is 188 Å². The average Bonchev–Trinajstić information content (AvgIpc) is 2.79. The predicted molar refractivity (Wildman–Crippen MR) is 120 cm³/mol. The van der Waals surface area contributed by atoms with Gasteiger partial charge in [0, 0.05) is 63.9 Å². The molecular formula is C23H30F2N4O2S. The first kappa shape index (κ1) is 23.2. The highest BCUT2D eigenvalue weighted by Crippen LogP contribution is 2.32. The summed E-state index contributed by atoms with van der Waals surface area (Å²) in [5.41, 5.74) is 2.56. The van der Waals surface area contributed by atoms with Crippen molar-refractivity contribution in [1.82, 2.24) is 19.5 Å². The summed E-state index contributed by atoms with van der Waals surface area (Å²) in [5, 5.41) is 3.37. The highest BCUT2D eigenvalue weighted by Gasteiger charge is 2.38. The van der Waals surface area contributed by atoms with Crippen LogP contribution in [0.1, 0.15) is 32.4 Å². The molecule has 3 heterocycles. The van der Waals surface area contributed by atoms with Gasteiger partial charge in [0.1, 0.15) is 0 Å². The quantitative estimate of drug-likeness (QED) is 0.736. The van der Waals surface area contributed by atoms with Crippen LogP contribution in [0, 0.1) is 0 Å². The molecule has 0 radical (unpaired) electrons. The van der Waals surface area contributed by atoms with E-state index < -0.39 is 28.8 Å². The molecule has 0 aliphatic carbocycles. The van der Waals surface area contributed by atoms with Crippen molar-refractivity contribution in [3.8, 4) is 11.1 Å². The monoisotopic (exact) mass is 464 g/mol. The van der Waals surface area contributed by atoms with Gasteiger partial charge in [-0.05, 0) is 37.6 Å². The second-order valence-electron chi connectivity index (χ2n) is 9.01. The van der Waals surface area contributed by atoms with Crippen LogP contribution in [0.15, 0.2) is 47.5 Å². The Morgan fingerprint density at radius 3 is 2.09 bits per heavy atom. The van der Waals surface area contributed by atoms with E-state index in [1.165, 1.54) is 12.1 Å². The molecule has 2 aromatic rings. The summed E-state index contributed by atoms with van der Waals surface area (Å²) < 4.78 is 53.5. The largest absolute Gasteiger partial charge is 0.314 e. The number of nitrogens with one attached hydrogen (secondary N) is 1. The fourth-order valence-corrected chi connectivity index (χ4v) is 5.78. The van der Waals surface area contributed by atoms with Gasteiger partial charge in [0.2, 0.25) is 10.0 Å². The minimum atomic E-state index is -3.78. The topological polar surface area (TPSA) is 65.5 Å². The number of pyridine rings is 1. The van der Waals surface area contributed by atoms with Gasteiger partial charge in [-0.3, -0.25) is 9.88 Å². The fourth-order valence-electron chi connectivity index (χ4n) is 4.33. The summed E-state index contributed by atoms with van der Waals surface area (Å²) in [6, 6.07) is 10.6. The third-order valence-electron chi connectivity index (χ3n) is 6.58. The minimum Gasteiger partial charge on any atom is -0.314 e. The number of hydrogen-bond acceptors (Lipinski definition) is 5. The van der Waals surface area contributed by atoms with E-state index in [0.29, 0.717) is 0 Å². The standard InChI is InChI=1S/C23H30F2N4O2S/c1-22(2,28-15-11-26-12-16-28)21-8-5-19(17-27-21)18-3-6-20(7-4-18)32(30,31)29-13-9-23(24,25)10-14-29/h3-8,17,26H,9-16H2,1-2H3. The highest BCUT2D eigenvalue weighted by molar-refractivity contribution is 7.89. The zero-order chi connectivity index (χ0) is 23.0. The van der Waals surface area contributed by atoms with Crippen molar-refractivity contribution in [2.45, 2.75) is 43.0 Å². The zero-order valence-corrected chi connectivity index (χ0v) is 19.3. The van der Waals surface area contributed by atoms with E-state index in [2.05, 4.69) is 24.1 Å². The van der Waals surface area contributed by atoms with E-state index in [-0.39, 0.29) is 23.5 Å². The lowest BCUT2D eigenvalue weighted by atomic mass is 9.95. The zero-order valence-electron chi connectivity index (χ0n) is 18.5. The van der Waals surface area contributed by atoms with E-state index in [1.807, 2.05) is 18.3 Å². The van der Waals surface area contributed by atoms with Crippen LogP contribution in [-0.4, -0.2) is 67.8 Å². The molecule has 2 aliphatic rings. The van der Waals surface area contributed by atoms with Crippen molar-refractivity contribution >= 4 is 10.0 Å². The summed E-state index contributed by atoms with van der Waals surface area (Å²) in [4.78, 5) is 7.24. The number of rotatable bonds is 5. The molecule has 2 aliphatic heterocycles. The molecule has 32 heavy (non-hydrogen) atoms. The average molecular weight is 465 g/mol. The van der Waals surface area contributed by atoms with Gasteiger partial charge >= 0.3 is 0 Å². The number of benzene rings is 1. The summed E-state index contributed by atoms with van der Waals surface area (Å²) in [6.45, 7) is 7.92. The van der Waals surface area contributed by atoms with Gasteiger partial charge in [-0.25, -0.2) is 17.2 Å². The molecule has 2 saturated heterocycles. The Balaban J connectivity index is 1.48. The maximum Gasteiger partial charge on any atom is 0.250 e. The molecule has 2 fully saturated rings. The molecule has 174 valence electrons. The van der Waals surface area contributed by atoms with Crippen molar-refractivity contribution in [2.75, 3.05) is 39.3 Å². The summed E-state index contributed by atoms with van der Waals surface area (Å²) in [7, 11) is -3.78. The number of piperidine rings is 1. The van der Waals surface area contributed by atoms with Crippen LogP contribution >= 0.6 is 0 Å². The van der Waals surface area contributed by atoms with Gasteiger partial charge < -0.3 is 5.32 Å². The molecule has 0 atom stereocenters. The van der Waals surface area contributed by atoms with Crippen LogP contribution in [0.3, 0.4) is 0 Å². The highest BCUT2D eigenvalue weighted by atomic mass is 32.2. The van der Waals surface area contributed by atoms with E-state index in [4.69, 9.17) is 4.98 Å². The Morgan fingerprint density at radius 1 is 0.938 bits per heavy atom. The lowest BCUT2D eigenvalue weighted by molar-refractivity contribution is -0.0412. The minimum absolute atomic E-state index is 0.121. The third-order valence-corrected chi connectivity index (χ3v) is 8.49.